The summed E-state index contributed by atoms with van der Waals surface area (Å²) in [5, 5.41) is 0. The number of carbonyl (C=O) groups is 1. The molecule has 0 N–H and O–H groups in total. The molecule has 0 aromatic heterocycles. The highest BCUT2D eigenvalue weighted by atomic mass is 16.5. The molecule has 0 atom stereocenters. The molecule has 0 aliphatic rings. The molecular weight excluding hydrogens is 360 g/mol. The normalized spacial score (nSPS) is 10.3. The lowest BCUT2D eigenvalue weighted by Gasteiger charge is -2.13. The Kier molecular flexibility index (Phi) is 7.23. The zero-order chi connectivity index (χ0) is 20.5. The standard InChI is InChI=1S/C26H26O3/c1-20(2)13-14-23-17-24(26(27)29-19-22-11-7-4-8-12-22)15-16-25(23)28-18-21-9-5-3-6-10-21/h3-13,15-17H,14,18-19H2,1-2H3. The maximum Gasteiger partial charge on any atom is 0.338 e. The Labute approximate surface area is 172 Å². The fraction of sp³-hybridized carbons (Fsp3) is 0.192. The first-order valence-corrected chi connectivity index (χ1v) is 9.76. The smallest absolute Gasteiger partial charge is 0.338 e. The average Bonchev–Trinajstić information content (AvgIpc) is 2.76. The van der Waals surface area contributed by atoms with Crippen molar-refractivity contribution < 1.29 is 14.3 Å². The molecule has 0 aliphatic carbocycles. The number of hydrogen-bond acceptors (Lipinski definition) is 3. The molecular formula is C26H26O3. The Morgan fingerprint density at radius 3 is 2.07 bits per heavy atom. The van der Waals surface area contributed by atoms with E-state index in [0.29, 0.717) is 18.6 Å². The molecule has 0 amide bonds. The number of rotatable bonds is 8. The van der Waals surface area contributed by atoms with Crippen molar-refractivity contribution in [2.45, 2.75) is 33.5 Å². The third-order valence-corrected chi connectivity index (χ3v) is 4.48. The second-order valence-corrected chi connectivity index (χ2v) is 7.14. The minimum absolute atomic E-state index is 0.259. The van der Waals surface area contributed by atoms with Gasteiger partial charge in [-0.05, 0) is 55.2 Å². The summed E-state index contributed by atoms with van der Waals surface area (Å²) in [7, 11) is 0. The molecule has 0 radical (unpaired) electrons. The van der Waals surface area contributed by atoms with Crippen LogP contribution in [0.5, 0.6) is 5.75 Å². The van der Waals surface area contributed by atoms with E-state index >= 15 is 0 Å². The SMILES string of the molecule is CC(C)=CCc1cc(C(=O)OCc2ccccc2)ccc1OCc1ccccc1. The quantitative estimate of drug-likeness (QED) is 0.345. The summed E-state index contributed by atoms with van der Waals surface area (Å²) in [5.41, 5.74) is 4.79. The molecule has 3 aromatic carbocycles. The third kappa shape index (κ3) is 6.35. The van der Waals surface area contributed by atoms with Crippen LogP contribution in [0.1, 0.15) is 40.9 Å². The third-order valence-electron chi connectivity index (χ3n) is 4.48. The van der Waals surface area contributed by atoms with Crippen molar-refractivity contribution in [2.24, 2.45) is 0 Å². The number of allylic oxidation sites excluding steroid dienone is 2. The molecule has 3 rings (SSSR count). The van der Waals surface area contributed by atoms with E-state index in [1.54, 1.807) is 6.07 Å². The Morgan fingerprint density at radius 2 is 1.45 bits per heavy atom. The van der Waals surface area contributed by atoms with Gasteiger partial charge in [-0.2, -0.15) is 0 Å². The first-order chi connectivity index (χ1) is 14.1. The highest BCUT2D eigenvalue weighted by Crippen LogP contribution is 2.24. The summed E-state index contributed by atoms with van der Waals surface area (Å²) in [4.78, 5) is 12.5. The lowest BCUT2D eigenvalue weighted by atomic mass is 10.1. The van der Waals surface area contributed by atoms with Gasteiger partial charge in [-0.1, -0.05) is 72.3 Å². The molecule has 0 saturated carbocycles. The number of hydrogen-bond donors (Lipinski definition) is 0. The number of carbonyl (C=O) groups excluding carboxylic acids is 1. The van der Waals surface area contributed by atoms with Crippen molar-refractivity contribution in [1.29, 1.82) is 0 Å². The van der Waals surface area contributed by atoms with Gasteiger partial charge in [-0.15, -0.1) is 0 Å². The van der Waals surface area contributed by atoms with Crippen molar-refractivity contribution in [1.82, 2.24) is 0 Å². The lowest BCUT2D eigenvalue weighted by Crippen LogP contribution is -2.07. The van der Waals surface area contributed by atoms with Crippen molar-refractivity contribution >= 4 is 5.97 Å². The zero-order valence-electron chi connectivity index (χ0n) is 16.9. The highest BCUT2D eigenvalue weighted by Gasteiger charge is 2.12. The predicted molar refractivity (Wildman–Crippen MR) is 116 cm³/mol. The molecule has 0 fully saturated rings. The molecule has 0 saturated heterocycles. The number of esters is 1. The summed E-state index contributed by atoms with van der Waals surface area (Å²) < 4.78 is 11.5. The van der Waals surface area contributed by atoms with Gasteiger partial charge >= 0.3 is 5.97 Å². The van der Waals surface area contributed by atoms with E-state index in [-0.39, 0.29) is 12.6 Å². The predicted octanol–water partition coefficient (Wildman–Crippen LogP) is 6.13. The number of benzene rings is 3. The molecule has 3 aromatic rings. The zero-order valence-corrected chi connectivity index (χ0v) is 16.9. The average molecular weight is 386 g/mol. The molecule has 0 unspecified atom stereocenters. The molecule has 0 aliphatic heterocycles. The van der Waals surface area contributed by atoms with Crippen LogP contribution in [0.25, 0.3) is 0 Å². The first-order valence-electron chi connectivity index (χ1n) is 9.76. The Bertz CT molecular complexity index is 956. The summed E-state index contributed by atoms with van der Waals surface area (Å²) in [6.07, 6.45) is 2.83. The molecule has 148 valence electrons. The van der Waals surface area contributed by atoms with Gasteiger partial charge < -0.3 is 9.47 Å². The largest absolute Gasteiger partial charge is 0.489 e. The van der Waals surface area contributed by atoms with Crippen LogP contribution in [0.15, 0.2) is 90.5 Å². The van der Waals surface area contributed by atoms with Gasteiger partial charge in [-0.3, -0.25) is 0 Å². The number of ether oxygens (including phenoxy) is 2. The van der Waals surface area contributed by atoms with Crippen LogP contribution in [0, 0.1) is 0 Å². The topological polar surface area (TPSA) is 35.5 Å². The van der Waals surface area contributed by atoms with Crippen molar-refractivity contribution in [3.63, 3.8) is 0 Å². The first kappa shape index (κ1) is 20.4. The molecule has 3 heteroatoms. The van der Waals surface area contributed by atoms with Crippen molar-refractivity contribution in [2.75, 3.05) is 0 Å². The van der Waals surface area contributed by atoms with Crippen LogP contribution < -0.4 is 4.74 Å². The monoisotopic (exact) mass is 386 g/mol. The van der Waals surface area contributed by atoms with E-state index in [1.807, 2.05) is 72.8 Å². The van der Waals surface area contributed by atoms with E-state index < -0.39 is 0 Å². The van der Waals surface area contributed by atoms with Gasteiger partial charge in [0.15, 0.2) is 0 Å². The van der Waals surface area contributed by atoms with Gasteiger partial charge in [0.25, 0.3) is 0 Å². The van der Waals surface area contributed by atoms with Crippen LogP contribution in [-0.2, 0) is 24.4 Å². The Hall–Kier alpha value is -3.33. The highest BCUT2D eigenvalue weighted by molar-refractivity contribution is 5.89. The fourth-order valence-electron chi connectivity index (χ4n) is 2.86. The molecule has 0 heterocycles. The van der Waals surface area contributed by atoms with E-state index in [2.05, 4.69) is 19.9 Å². The van der Waals surface area contributed by atoms with Gasteiger partial charge in [0, 0.05) is 0 Å². The van der Waals surface area contributed by atoms with Gasteiger partial charge in [0.05, 0.1) is 5.56 Å². The molecule has 29 heavy (non-hydrogen) atoms. The summed E-state index contributed by atoms with van der Waals surface area (Å²) in [5.74, 6) is 0.452. The summed E-state index contributed by atoms with van der Waals surface area (Å²) >= 11 is 0. The molecule has 3 nitrogen and oxygen atoms in total. The van der Waals surface area contributed by atoms with Crippen LogP contribution in [0.4, 0.5) is 0 Å². The van der Waals surface area contributed by atoms with Crippen LogP contribution in [-0.4, -0.2) is 5.97 Å². The molecule has 0 spiro atoms. The fourth-order valence-corrected chi connectivity index (χ4v) is 2.86. The van der Waals surface area contributed by atoms with E-state index in [1.165, 1.54) is 5.57 Å². The Balaban J connectivity index is 1.73. The van der Waals surface area contributed by atoms with E-state index in [9.17, 15) is 4.79 Å². The second-order valence-electron chi connectivity index (χ2n) is 7.14. The van der Waals surface area contributed by atoms with Gasteiger partial charge in [0.2, 0.25) is 0 Å². The van der Waals surface area contributed by atoms with E-state index in [0.717, 1.165) is 22.4 Å². The summed E-state index contributed by atoms with van der Waals surface area (Å²) in [6, 6.07) is 25.2. The van der Waals surface area contributed by atoms with Crippen molar-refractivity contribution in [3.05, 3.63) is 113 Å². The second kappa shape index (κ2) is 10.3. The summed E-state index contributed by atoms with van der Waals surface area (Å²) in [6.45, 7) is 4.86. The minimum atomic E-state index is -0.332. The Morgan fingerprint density at radius 1 is 0.828 bits per heavy atom. The van der Waals surface area contributed by atoms with Crippen LogP contribution in [0.2, 0.25) is 0 Å². The minimum Gasteiger partial charge on any atom is -0.489 e. The van der Waals surface area contributed by atoms with Crippen molar-refractivity contribution in [3.8, 4) is 5.75 Å². The maximum absolute atomic E-state index is 12.5. The van der Waals surface area contributed by atoms with Gasteiger partial charge in [-0.25, -0.2) is 4.79 Å². The van der Waals surface area contributed by atoms with Gasteiger partial charge in [0.1, 0.15) is 19.0 Å². The van der Waals surface area contributed by atoms with Crippen LogP contribution >= 0.6 is 0 Å². The van der Waals surface area contributed by atoms with Crippen LogP contribution in [0.3, 0.4) is 0 Å². The lowest BCUT2D eigenvalue weighted by molar-refractivity contribution is 0.0472. The maximum atomic E-state index is 12.5. The molecule has 0 bridgehead atoms. The van der Waals surface area contributed by atoms with E-state index in [4.69, 9.17) is 9.47 Å².